The van der Waals surface area contributed by atoms with Crippen molar-refractivity contribution in [1.29, 1.82) is 5.26 Å². The van der Waals surface area contributed by atoms with E-state index in [9.17, 15) is 14.4 Å². The molecule has 0 spiro atoms. The minimum atomic E-state index is -1.20. The lowest BCUT2D eigenvalue weighted by molar-refractivity contribution is -0.138. The number of carbonyl (C=O) groups is 1. The molecule has 1 heterocycles. The zero-order valence-electron chi connectivity index (χ0n) is 16.2. The molecule has 30 heavy (non-hydrogen) atoms. The second-order valence-corrected chi connectivity index (χ2v) is 6.66. The van der Waals surface area contributed by atoms with Crippen molar-refractivity contribution in [2.75, 3.05) is 13.7 Å². The quantitative estimate of drug-likeness (QED) is 0.714. The summed E-state index contributed by atoms with van der Waals surface area (Å²) in [5.41, 5.74) is 6.20. The molecule has 2 aromatic carbocycles. The summed E-state index contributed by atoms with van der Waals surface area (Å²) in [4.78, 5) is 13.0. The summed E-state index contributed by atoms with van der Waals surface area (Å²) in [6, 6.07) is 12.6. The van der Waals surface area contributed by atoms with Crippen LogP contribution in [-0.4, -0.2) is 19.7 Å². The number of nitriles is 1. The molecule has 0 aromatic heterocycles. The number of nitrogens with two attached hydrogens (primary N) is 1. The van der Waals surface area contributed by atoms with E-state index in [1.165, 1.54) is 25.3 Å². The molecule has 0 bridgehead atoms. The van der Waals surface area contributed by atoms with Crippen molar-refractivity contribution in [1.82, 2.24) is 0 Å². The Hall–Kier alpha value is -3.50. The van der Waals surface area contributed by atoms with Crippen molar-refractivity contribution in [2.45, 2.75) is 12.8 Å². The number of nitrogens with zero attached hydrogens (tertiary/aromatic N) is 1. The zero-order chi connectivity index (χ0) is 21.8. The number of esters is 1. The van der Waals surface area contributed by atoms with E-state index in [1.54, 1.807) is 31.2 Å². The van der Waals surface area contributed by atoms with Crippen molar-refractivity contribution in [3.8, 4) is 11.8 Å². The number of benzene rings is 2. The fraction of sp³-hybridized carbons (Fsp3) is 0.182. The Balaban J connectivity index is 2.33. The van der Waals surface area contributed by atoms with Crippen LogP contribution in [0, 0.1) is 17.1 Å². The van der Waals surface area contributed by atoms with Crippen LogP contribution < -0.4 is 10.5 Å². The van der Waals surface area contributed by atoms with E-state index in [1.807, 2.05) is 6.07 Å². The van der Waals surface area contributed by atoms with Crippen LogP contribution in [0.5, 0.6) is 5.75 Å². The standard InChI is InChI=1S/C22H18ClFN2O4/c1-3-29-22(27)19-17(18-15(23)5-4-6-16(18)24)14(11-25)21(26)30-20(19)12-7-9-13(28-2)10-8-12/h4-10,17H,3,26H2,1-2H3. The smallest absolute Gasteiger partial charge is 0.338 e. The van der Waals surface area contributed by atoms with Gasteiger partial charge in [0, 0.05) is 16.1 Å². The maximum atomic E-state index is 14.8. The van der Waals surface area contributed by atoms with Gasteiger partial charge in [0.05, 0.1) is 25.2 Å². The number of halogens is 2. The maximum Gasteiger partial charge on any atom is 0.338 e. The largest absolute Gasteiger partial charge is 0.497 e. The van der Waals surface area contributed by atoms with Gasteiger partial charge in [0.1, 0.15) is 29.0 Å². The summed E-state index contributed by atoms with van der Waals surface area (Å²) in [5.74, 6) is -2.27. The van der Waals surface area contributed by atoms with E-state index >= 15 is 0 Å². The molecule has 0 saturated heterocycles. The molecule has 0 fully saturated rings. The molecule has 0 amide bonds. The van der Waals surface area contributed by atoms with Gasteiger partial charge in [-0.25, -0.2) is 9.18 Å². The van der Waals surface area contributed by atoms with E-state index < -0.39 is 17.7 Å². The number of ether oxygens (including phenoxy) is 3. The Kier molecular flexibility index (Phi) is 6.28. The minimum absolute atomic E-state index is 0.0401. The van der Waals surface area contributed by atoms with Crippen LogP contribution in [0.3, 0.4) is 0 Å². The van der Waals surface area contributed by atoms with E-state index in [4.69, 9.17) is 31.5 Å². The highest BCUT2D eigenvalue weighted by Gasteiger charge is 2.40. The zero-order valence-corrected chi connectivity index (χ0v) is 17.0. The van der Waals surface area contributed by atoms with Gasteiger partial charge in [0.25, 0.3) is 0 Å². The van der Waals surface area contributed by atoms with Gasteiger partial charge in [-0.15, -0.1) is 0 Å². The van der Waals surface area contributed by atoms with Gasteiger partial charge < -0.3 is 19.9 Å². The van der Waals surface area contributed by atoms with Crippen molar-refractivity contribution in [2.24, 2.45) is 5.73 Å². The monoisotopic (exact) mass is 428 g/mol. The van der Waals surface area contributed by atoms with Crippen LogP contribution >= 0.6 is 11.6 Å². The first kappa shape index (κ1) is 21.2. The molecule has 0 saturated carbocycles. The molecule has 3 rings (SSSR count). The number of hydrogen-bond donors (Lipinski definition) is 1. The summed E-state index contributed by atoms with van der Waals surface area (Å²) >= 11 is 6.27. The molecule has 0 aliphatic carbocycles. The first-order chi connectivity index (χ1) is 14.4. The third kappa shape index (κ3) is 3.82. The van der Waals surface area contributed by atoms with E-state index in [0.29, 0.717) is 11.3 Å². The Labute approximate surface area is 177 Å². The molecule has 0 radical (unpaired) electrons. The Morgan fingerprint density at radius 1 is 1.30 bits per heavy atom. The number of methoxy groups -OCH3 is 1. The number of hydrogen-bond acceptors (Lipinski definition) is 6. The third-order valence-electron chi connectivity index (χ3n) is 4.56. The van der Waals surface area contributed by atoms with Gasteiger partial charge >= 0.3 is 5.97 Å². The first-order valence-corrected chi connectivity index (χ1v) is 9.37. The summed E-state index contributed by atoms with van der Waals surface area (Å²) in [6.45, 7) is 1.70. The van der Waals surface area contributed by atoms with Gasteiger partial charge in [0.2, 0.25) is 5.88 Å². The predicted octanol–water partition coefficient (Wildman–Crippen LogP) is 4.27. The van der Waals surface area contributed by atoms with Gasteiger partial charge in [-0.2, -0.15) is 5.26 Å². The number of carbonyl (C=O) groups excluding carboxylic acids is 1. The second kappa shape index (κ2) is 8.89. The molecule has 154 valence electrons. The first-order valence-electron chi connectivity index (χ1n) is 9.00. The fourth-order valence-electron chi connectivity index (χ4n) is 3.21. The predicted molar refractivity (Wildman–Crippen MR) is 109 cm³/mol. The Morgan fingerprint density at radius 3 is 2.57 bits per heavy atom. The van der Waals surface area contributed by atoms with Crippen molar-refractivity contribution in [3.63, 3.8) is 0 Å². The summed E-state index contributed by atoms with van der Waals surface area (Å²) in [6.07, 6.45) is 0. The van der Waals surface area contributed by atoms with Crippen molar-refractivity contribution >= 4 is 23.3 Å². The number of rotatable bonds is 5. The highest BCUT2D eigenvalue weighted by Crippen LogP contribution is 2.45. The van der Waals surface area contributed by atoms with Crippen molar-refractivity contribution in [3.05, 3.63) is 81.5 Å². The molecule has 1 atom stereocenters. The lowest BCUT2D eigenvalue weighted by atomic mass is 9.81. The molecule has 8 heteroatoms. The molecule has 1 aliphatic heterocycles. The SMILES string of the molecule is CCOC(=O)C1=C(c2ccc(OC)cc2)OC(N)=C(C#N)C1c1c(F)cccc1Cl. The fourth-order valence-corrected chi connectivity index (χ4v) is 3.48. The molecule has 6 nitrogen and oxygen atoms in total. The van der Waals surface area contributed by atoms with Crippen LogP contribution in [0.1, 0.15) is 24.0 Å². The molecular formula is C22H18ClFN2O4. The van der Waals surface area contributed by atoms with E-state index in [0.717, 1.165) is 0 Å². The normalized spacial score (nSPS) is 16.0. The third-order valence-corrected chi connectivity index (χ3v) is 4.89. The highest BCUT2D eigenvalue weighted by molar-refractivity contribution is 6.31. The van der Waals surface area contributed by atoms with Crippen LogP contribution in [0.15, 0.2) is 59.5 Å². The molecular weight excluding hydrogens is 411 g/mol. The van der Waals surface area contributed by atoms with Crippen LogP contribution in [0.4, 0.5) is 4.39 Å². The molecule has 2 N–H and O–H groups in total. The summed E-state index contributed by atoms with van der Waals surface area (Å²) < 4.78 is 30.9. The molecule has 2 aromatic rings. The van der Waals surface area contributed by atoms with Crippen LogP contribution in [-0.2, 0) is 14.3 Å². The molecule has 1 aliphatic rings. The van der Waals surface area contributed by atoms with Crippen LogP contribution in [0.2, 0.25) is 5.02 Å². The molecule has 1 unspecified atom stereocenters. The Bertz CT molecular complexity index is 1070. The highest BCUT2D eigenvalue weighted by atomic mass is 35.5. The average molecular weight is 429 g/mol. The lowest BCUT2D eigenvalue weighted by Gasteiger charge is -2.29. The van der Waals surface area contributed by atoms with Gasteiger partial charge in [-0.05, 0) is 43.3 Å². The van der Waals surface area contributed by atoms with E-state index in [2.05, 4.69) is 0 Å². The van der Waals surface area contributed by atoms with Crippen molar-refractivity contribution < 1.29 is 23.4 Å². The Morgan fingerprint density at radius 2 is 2.00 bits per heavy atom. The summed E-state index contributed by atoms with van der Waals surface area (Å²) in [7, 11) is 1.52. The minimum Gasteiger partial charge on any atom is -0.497 e. The van der Waals surface area contributed by atoms with Gasteiger partial charge in [0.15, 0.2) is 0 Å². The van der Waals surface area contributed by atoms with Gasteiger partial charge in [-0.1, -0.05) is 17.7 Å². The van der Waals surface area contributed by atoms with Crippen LogP contribution in [0.25, 0.3) is 5.76 Å². The average Bonchev–Trinajstić information content (AvgIpc) is 2.73. The number of allylic oxidation sites excluding steroid dienone is 1. The maximum absolute atomic E-state index is 14.8. The lowest BCUT2D eigenvalue weighted by Crippen LogP contribution is -2.26. The van der Waals surface area contributed by atoms with E-state index in [-0.39, 0.29) is 40.0 Å². The second-order valence-electron chi connectivity index (χ2n) is 6.25. The topological polar surface area (TPSA) is 94.6 Å². The summed E-state index contributed by atoms with van der Waals surface area (Å²) in [5, 5.41) is 9.75. The van der Waals surface area contributed by atoms with Gasteiger partial charge in [-0.3, -0.25) is 0 Å².